The molecule has 3 heteroatoms. The molecular formula is C27H21N2Se+. The SMILES string of the molecule is [C-]#[N+]c1ccc2c([se]c3c(-c4cc(C)cc[n+]4C)c(C)ccc32)c1-c1ccccc1. The first-order valence-corrected chi connectivity index (χ1v) is 11.7. The Morgan fingerprint density at radius 2 is 1.53 bits per heavy atom. The fourth-order valence-electron chi connectivity index (χ4n) is 4.21. The second-order valence-corrected chi connectivity index (χ2v) is 9.89. The average molecular weight is 452 g/mol. The number of rotatable bonds is 2. The van der Waals surface area contributed by atoms with E-state index < -0.39 is 0 Å². The van der Waals surface area contributed by atoms with Gasteiger partial charge in [-0.3, -0.25) is 0 Å². The van der Waals surface area contributed by atoms with Gasteiger partial charge in [0.05, 0.1) is 0 Å². The standard InChI is InChI=1S/C27H21N2Se/c1-17-14-15-29(4)23(16-17)24-18(2)10-11-20-21-12-13-22(28-3)25(27(21)30-26(20)24)19-8-6-5-7-9-19/h5-16H,1-2,4H3/q+1. The van der Waals surface area contributed by atoms with Crippen molar-refractivity contribution in [1.29, 1.82) is 0 Å². The predicted molar refractivity (Wildman–Crippen MR) is 126 cm³/mol. The molecule has 0 atom stereocenters. The third kappa shape index (κ3) is 2.89. The van der Waals surface area contributed by atoms with Crippen LogP contribution in [0.15, 0.2) is 72.9 Å². The van der Waals surface area contributed by atoms with Crippen LogP contribution in [0.2, 0.25) is 0 Å². The molecule has 5 rings (SSSR count). The van der Waals surface area contributed by atoms with Crippen molar-refractivity contribution in [2.75, 3.05) is 0 Å². The molecular weight excluding hydrogens is 431 g/mol. The summed E-state index contributed by atoms with van der Waals surface area (Å²) in [5.41, 5.74) is 8.16. The maximum absolute atomic E-state index is 7.75. The van der Waals surface area contributed by atoms with E-state index in [1.165, 1.54) is 41.7 Å². The van der Waals surface area contributed by atoms with Crippen molar-refractivity contribution in [3.63, 3.8) is 0 Å². The Morgan fingerprint density at radius 3 is 2.27 bits per heavy atom. The van der Waals surface area contributed by atoms with E-state index >= 15 is 0 Å². The van der Waals surface area contributed by atoms with E-state index in [4.69, 9.17) is 6.57 Å². The van der Waals surface area contributed by atoms with Crippen LogP contribution in [0.3, 0.4) is 0 Å². The van der Waals surface area contributed by atoms with Crippen LogP contribution in [0.5, 0.6) is 0 Å². The summed E-state index contributed by atoms with van der Waals surface area (Å²) in [6, 6.07) is 23.5. The molecule has 3 aromatic carbocycles. The van der Waals surface area contributed by atoms with Gasteiger partial charge in [0.1, 0.15) is 0 Å². The summed E-state index contributed by atoms with van der Waals surface area (Å²) in [5, 5.41) is 2.61. The quantitative estimate of drug-likeness (QED) is 0.167. The topological polar surface area (TPSA) is 8.24 Å². The summed E-state index contributed by atoms with van der Waals surface area (Å²) in [6.45, 7) is 12.1. The van der Waals surface area contributed by atoms with E-state index in [2.05, 4.69) is 91.1 Å². The molecule has 0 aliphatic heterocycles. The zero-order chi connectivity index (χ0) is 20.8. The summed E-state index contributed by atoms with van der Waals surface area (Å²) >= 11 is 0.134. The monoisotopic (exact) mass is 453 g/mol. The maximum atomic E-state index is 7.75. The summed E-state index contributed by atoms with van der Waals surface area (Å²) in [6.07, 6.45) is 2.14. The van der Waals surface area contributed by atoms with Crippen LogP contribution >= 0.6 is 0 Å². The predicted octanol–water partition coefficient (Wildman–Crippen LogP) is 6.38. The van der Waals surface area contributed by atoms with Gasteiger partial charge in [-0.1, -0.05) is 0 Å². The molecule has 0 N–H and O–H groups in total. The van der Waals surface area contributed by atoms with Crippen molar-refractivity contribution >= 4 is 39.5 Å². The molecule has 0 bridgehead atoms. The van der Waals surface area contributed by atoms with Crippen molar-refractivity contribution in [3.05, 3.63) is 95.5 Å². The molecule has 0 aliphatic rings. The Bertz CT molecular complexity index is 1470. The molecule has 0 fully saturated rings. The number of hydrogen-bond donors (Lipinski definition) is 0. The number of nitrogens with zero attached hydrogens (tertiary/aromatic N) is 2. The zero-order valence-corrected chi connectivity index (χ0v) is 18.9. The van der Waals surface area contributed by atoms with Gasteiger partial charge in [-0.05, 0) is 0 Å². The van der Waals surface area contributed by atoms with Crippen LogP contribution in [0.1, 0.15) is 11.1 Å². The minimum atomic E-state index is 0.134. The van der Waals surface area contributed by atoms with Crippen LogP contribution in [0.25, 0.3) is 46.5 Å². The molecule has 0 amide bonds. The van der Waals surface area contributed by atoms with Gasteiger partial charge < -0.3 is 0 Å². The van der Waals surface area contributed by atoms with Crippen LogP contribution < -0.4 is 4.57 Å². The molecule has 30 heavy (non-hydrogen) atoms. The van der Waals surface area contributed by atoms with Gasteiger partial charge in [0, 0.05) is 0 Å². The Balaban J connectivity index is 1.93. The molecule has 2 aromatic heterocycles. The molecule has 144 valence electrons. The first-order chi connectivity index (χ1) is 14.6. The Kier molecular flexibility index (Phi) is 4.55. The summed E-state index contributed by atoms with van der Waals surface area (Å²) in [7, 11) is 2.12. The third-order valence-electron chi connectivity index (χ3n) is 5.74. The molecule has 5 aromatic rings. The van der Waals surface area contributed by atoms with Crippen LogP contribution in [-0.4, -0.2) is 14.5 Å². The van der Waals surface area contributed by atoms with Gasteiger partial charge in [-0.15, -0.1) is 0 Å². The first kappa shape index (κ1) is 18.8. The Morgan fingerprint density at radius 1 is 0.833 bits per heavy atom. The zero-order valence-electron chi connectivity index (χ0n) is 17.2. The fourth-order valence-corrected chi connectivity index (χ4v) is 7.30. The van der Waals surface area contributed by atoms with Gasteiger partial charge in [-0.25, -0.2) is 0 Å². The molecule has 0 spiro atoms. The van der Waals surface area contributed by atoms with E-state index in [-0.39, 0.29) is 14.5 Å². The number of hydrogen-bond acceptors (Lipinski definition) is 0. The number of aromatic nitrogens is 1. The number of fused-ring (bicyclic) bond motifs is 3. The summed E-state index contributed by atoms with van der Waals surface area (Å²) < 4.78 is 4.98. The number of aryl methyl sites for hydroxylation is 3. The molecule has 0 radical (unpaired) electrons. The van der Waals surface area contributed by atoms with E-state index in [9.17, 15) is 0 Å². The summed E-state index contributed by atoms with van der Waals surface area (Å²) in [5.74, 6) is 0. The fraction of sp³-hybridized carbons (Fsp3) is 0.111. The second kappa shape index (κ2) is 7.26. The van der Waals surface area contributed by atoms with Gasteiger partial charge in [-0.2, -0.15) is 0 Å². The normalized spacial score (nSPS) is 11.1. The van der Waals surface area contributed by atoms with Crippen molar-refractivity contribution in [1.82, 2.24) is 0 Å². The first-order valence-electron chi connectivity index (χ1n) is 9.97. The van der Waals surface area contributed by atoms with E-state index in [1.807, 2.05) is 12.1 Å². The van der Waals surface area contributed by atoms with Crippen LogP contribution in [0.4, 0.5) is 5.69 Å². The molecule has 2 heterocycles. The molecule has 0 unspecified atom stereocenters. The van der Waals surface area contributed by atoms with Crippen LogP contribution in [-0.2, 0) is 7.05 Å². The Hall–Kier alpha value is -3.18. The van der Waals surface area contributed by atoms with Crippen molar-refractivity contribution in [2.24, 2.45) is 7.05 Å². The minimum absolute atomic E-state index is 0.134. The van der Waals surface area contributed by atoms with Crippen molar-refractivity contribution in [2.45, 2.75) is 13.8 Å². The van der Waals surface area contributed by atoms with E-state index in [0.717, 1.165) is 16.8 Å². The number of pyridine rings is 1. The molecule has 0 saturated carbocycles. The average Bonchev–Trinajstić information content (AvgIpc) is 3.14. The van der Waals surface area contributed by atoms with Gasteiger partial charge >= 0.3 is 183 Å². The number of benzene rings is 3. The van der Waals surface area contributed by atoms with E-state index in [1.54, 1.807) is 0 Å². The van der Waals surface area contributed by atoms with Crippen LogP contribution in [0, 0.1) is 20.4 Å². The van der Waals surface area contributed by atoms with Crippen molar-refractivity contribution < 1.29 is 4.57 Å². The Labute approximate surface area is 182 Å². The van der Waals surface area contributed by atoms with Crippen molar-refractivity contribution in [3.8, 4) is 22.4 Å². The molecule has 0 saturated heterocycles. The van der Waals surface area contributed by atoms with Gasteiger partial charge in [0.2, 0.25) is 0 Å². The summed E-state index contributed by atoms with van der Waals surface area (Å²) in [4.78, 5) is 3.87. The third-order valence-corrected chi connectivity index (χ3v) is 8.38. The van der Waals surface area contributed by atoms with Gasteiger partial charge in [0.15, 0.2) is 0 Å². The molecule has 2 nitrogen and oxygen atoms in total. The molecule has 0 aliphatic carbocycles. The van der Waals surface area contributed by atoms with Gasteiger partial charge in [0.25, 0.3) is 0 Å². The van der Waals surface area contributed by atoms with E-state index in [0.29, 0.717) is 0 Å². The second-order valence-electron chi connectivity index (χ2n) is 7.75.